The van der Waals surface area contributed by atoms with Gasteiger partial charge in [-0.2, -0.15) is 0 Å². The standard InChI is InChI=1S/C23H34N6O4/c1-23(2,3)33-22(30)29-10-8-28(9-11-29)21-26-16-13-19(32-5)18(31-4)12-15(16)20(27-21)17-14-24-6-7-25-17/h12-13,17,24-25H,6-11,14H2,1-5H3. The molecule has 180 valence electrons. The maximum Gasteiger partial charge on any atom is 0.410 e. The largest absolute Gasteiger partial charge is 0.493 e. The molecular weight excluding hydrogens is 424 g/mol. The van der Waals surface area contributed by atoms with Gasteiger partial charge >= 0.3 is 6.09 Å². The number of ether oxygens (including phenoxy) is 3. The van der Waals surface area contributed by atoms with Crippen LogP contribution in [0.2, 0.25) is 0 Å². The molecule has 2 saturated heterocycles. The summed E-state index contributed by atoms with van der Waals surface area (Å²) in [6, 6.07) is 3.91. The fourth-order valence-electron chi connectivity index (χ4n) is 4.14. The number of aromatic nitrogens is 2. The number of methoxy groups -OCH3 is 2. The highest BCUT2D eigenvalue weighted by Gasteiger charge is 2.28. The molecule has 3 heterocycles. The second-order valence-corrected chi connectivity index (χ2v) is 9.30. The van der Waals surface area contributed by atoms with Gasteiger partial charge in [0.05, 0.1) is 31.5 Å². The number of benzene rings is 1. The van der Waals surface area contributed by atoms with Crippen LogP contribution < -0.4 is 25.0 Å². The second-order valence-electron chi connectivity index (χ2n) is 9.30. The normalized spacial score (nSPS) is 19.5. The Labute approximate surface area is 194 Å². The van der Waals surface area contributed by atoms with Crippen LogP contribution in [0, 0.1) is 0 Å². The fourth-order valence-corrected chi connectivity index (χ4v) is 4.14. The van der Waals surface area contributed by atoms with Crippen molar-refractivity contribution in [2.24, 2.45) is 0 Å². The second kappa shape index (κ2) is 9.56. The maximum atomic E-state index is 12.4. The Balaban J connectivity index is 1.63. The molecule has 0 radical (unpaired) electrons. The summed E-state index contributed by atoms with van der Waals surface area (Å²) in [4.78, 5) is 26.2. The van der Waals surface area contributed by atoms with E-state index < -0.39 is 5.60 Å². The predicted molar refractivity (Wildman–Crippen MR) is 126 cm³/mol. The molecule has 1 unspecified atom stereocenters. The molecule has 2 aromatic rings. The van der Waals surface area contributed by atoms with Crippen LogP contribution in [0.4, 0.5) is 10.7 Å². The Morgan fingerprint density at radius 3 is 2.33 bits per heavy atom. The zero-order valence-electron chi connectivity index (χ0n) is 20.1. The van der Waals surface area contributed by atoms with Crippen LogP contribution in [0.1, 0.15) is 32.5 Å². The Kier molecular flexibility index (Phi) is 6.76. The summed E-state index contributed by atoms with van der Waals surface area (Å²) < 4.78 is 16.6. The van der Waals surface area contributed by atoms with Crippen LogP contribution in [0.15, 0.2) is 12.1 Å². The number of carbonyl (C=O) groups excluding carboxylic acids is 1. The van der Waals surface area contributed by atoms with Gasteiger partial charge in [-0.15, -0.1) is 0 Å². The van der Waals surface area contributed by atoms with Gasteiger partial charge in [0, 0.05) is 57.3 Å². The number of fused-ring (bicyclic) bond motifs is 1. The van der Waals surface area contributed by atoms with Crippen molar-refractivity contribution < 1.29 is 19.0 Å². The summed E-state index contributed by atoms with van der Waals surface area (Å²) in [5, 5.41) is 7.92. The van der Waals surface area contributed by atoms with Gasteiger partial charge in [0.25, 0.3) is 0 Å². The van der Waals surface area contributed by atoms with Crippen LogP contribution in [-0.2, 0) is 4.74 Å². The van der Waals surface area contributed by atoms with Gasteiger partial charge in [-0.05, 0) is 26.8 Å². The molecule has 2 aliphatic heterocycles. The van der Waals surface area contributed by atoms with Crippen LogP contribution in [0.5, 0.6) is 11.5 Å². The highest BCUT2D eigenvalue weighted by molar-refractivity contribution is 5.86. The van der Waals surface area contributed by atoms with Gasteiger partial charge in [0.1, 0.15) is 5.60 Å². The summed E-state index contributed by atoms with van der Waals surface area (Å²) >= 11 is 0. The van der Waals surface area contributed by atoms with Gasteiger partial charge in [-0.25, -0.2) is 14.8 Å². The number of rotatable bonds is 4. The molecule has 2 aliphatic rings. The van der Waals surface area contributed by atoms with Crippen molar-refractivity contribution in [1.82, 2.24) is 25.5 Å². The van der Waals surface area contributed by atoms with Crippen LogP contribution in [0.3, 0.4) is 0 Å². The van der Waals surface area contributed by atoms with E-state index in [-0.39, 0.29) is 12.1 Å². The van der Waals surface area contributed by atoms with E-state index in [0.717, 1.165) is 36.2 Å². The lowest BCUT2D eigenvalue weighted by atomic mass is 10.1. The lowest BCUT2D eigenvalue weighted by Crippen LogP contribution is -2.50. The first-order chi connectivity index (χ1) is 15.8. The molecule has 1 atom stereocenters. The Morgan fingerprint density at radius 1 is 1.03 bits per heavy atom. The Bertz CT molecular complexity index is 995. The minimum Gasteiger partial charge on any atom is -0.493 e. The van der Waals surface area contributed by atoms with Gasteiger partial charge in [-0.1, -0.05) is 0 Å². The third-order valence-electron chi connectivity index (χ3n) is 5.80. The minimum absolute atomic E-state index is 0.0594. The van der Waals surface area contributed by atoms with Gasteiger partial charge < -0.3 is 34.6 Å². The number of hydrogen-bond acceptors (Lipinski definition) is 9. The lowest BCUT2D eigenvalue weighted by Gasteiger charge is -2.36. The number of nitrogens with zero attached hydrogens (tertiary/aromatic N) is 4. The molecule has 2 N–H and O–H groups in total. The molecule has 10 nitrogen and oxygen atoms in total. The van der Waals surface area contributed by atoms with Crippen molar-refractivity contribution in [1.29, 1.82) is 0 Å². The van der Waals surface area contributed by atoms with E-state index in [1.54, 1.807) is 19.1 Å². The zero-order valence-corrected chi connectivity index (χ0v) is 20.1. The van der Waals surface area contributed by atoms with Crippen molar-refractivity contribution in [3.63, 3.8) is 0 Å². The average Bonchev–Trinajstić information content (AvgIpc) is 2.82. The molecule has 1 amide bonds. The molecule has 10 heteroatoms. The molecule has 0 saturated carbocycles. The van der Waals surface area contributed by atoms with E-state index in [9.17, 15) is 4.79 Å². The van der Waals surface area contributed by atoms with Crippen LogP contribution in [-0.4, -0.2) is 86.6 Å². The Morgan fingerprint density at radius 2 is 1.73 bits per heavy atom. The van der Waals surface area contributed by atoms with Gasteiger partial charge in [-0.3, -0.25) is 0 Å². The third-order valence-corrected chi connectivity index (χ3v) is 5.80. The molecule has 4 rings (SSSR count). The topological polar surface area (TPSA) is 101 Å². The van der Waals surface area contributed by atoms with Gasteiger partial charge in [0.2, 0.25) is 5.95 Å². The first kappa shape index (κ1) is 23.3. The van der Waals surface area contributed by atoms with Crippen LogP contribution >= 0.6 is 0 Å². The summed E-state index contributed by atoms with van der Waals surface area (Å²) in [6.45, 7) is 10.6. The monoisotopic (exact) mass is 458 g/mol. The molecule has 0 bridgehead atoms. The first-order valence-electron chi connectivity index (χ1n) is 11.4. The molecule has 1 aromatic carbocycles. The number of nitrogens with one attached hydrogen (secondary N) is 2. The van der Waals surface area contributed by atoms with E-state index >= 15 is 0 Å². The van der Waals surface area contributed by atoms with Crippen molar-refractivity contribution in [3.05, 3.63) is 17.8 Å². The van der Waals surface area contributed by atoms with Crippen molar-refractivity contribution >= 4 is 22.9 Å². The van der Waals surface area contributed by atoms with E-state index in [4.69, 9.17) is 24.2 Å². The zero-order chi connectivity index (χ0) is 23.6. The first-order valence-corrected chi connectivity index (χ1v) is 11.4. The summed E-state index contributed by atoms with van der Waals surface area (Å²) in [6.07, 6.45) is -0.281. The lowest BCUT2D eigenvalue weighted by molar-refractivity contribution is 0.0240. The number of carbonyl (C=O) groups is 1. The highest BCUT2D eigenvalue weighted by atomic mass is 16.6. The number of amides is 1. The summed E-state index contributed by atoms with van der Waals surface area (Å²) in [7, 11) is 3.25. The molecule has 0 spiro atoms. The number of anilines is 1. The van der Waals surface area contributed by atoms with Crippen LogP contribution in [0.25, 0.3) is 10.9 Å². The highest BCUT2D eigenvalue weighted by Crippen LogP contribution is 2.35. The summed E-state index contributed by atoms with van der Waals surface area (Å²) in [5.41, 5.74) is 1.22. The maximum absolute atomic E-state index is 12.4. The van der Waals surface area contributed by atoms with Crippen molar-refractivity contribution in [2.75, 3.05) is 64.9 Å². The smallest absolute Gasteiger partial charge is 0.410 e. The summed E-state index contributed by atoms with van der Waals surface area (Å²) in [5.74, 6) is 1.93. The fraction of sp³-hybridized carbons (Fsp3) is 0.609. The molecule has 2 fully saturated rings. The molecule has 33 heavy (non-hydrogen) atoms. The molecular formula is C23H34N6O4. The quantitative estimate of drug-likeness (QED) is 0.712. The van der Waals surface area contributed by atoms with E-state index in [1.807, 2.05) is 32.9 Å². The molecule has 0 aliphatic carbocycles. The van der Waals surface area contributed by atoms with Crippen molar-refractivity contribution in [2.45, 2.75) is 32.4 Å². The van der Waals surface area contributed by atoms with E-state index in [2.05, 4.69) is 15.5 Å². The Hall–Kier alpha value is -2.85. The minimum atomic E-state index is -0.508. The third kappa shape index (κ3) is 5.22. The average molecular weight is 459 g/mol. The SMILES string of the molecule is COc1cc2nc(N3CCN(C(=O)OC(C)(C)C)CC3)nc(C3CNCCN3)c2cc1OC. The van der Waals surface area contributed by atoms with E-state index in [1.165, 1.54) is 0 Å². The number of piperazine rings is 2. The number of hydrogen-bond donors (Lipinski definition) is 2. The molecule has 1 aromatic heterocycles. The van der Waals surface area contributed by atoms with Gasteiger partial charge in [0.15, 0.2) is 11.5 Å². The van der Waals surface area contributed by atoms with E-state index in [0.29, 0.717) is 43.6 Å². The van der Waals surface area contributed by atoms with Crippen molar-refractivity contribution in [3.8, 4) is 11.5 Å². The predicted octanol–water partition coefficient (Wildman–Crippen LogP) is 1.94.